The minimum atomic E-state index is -0.499. The topological polar surface area (TPSA) is 44.0 Å². The maximum Gasteiger partial charge on any atom is 0.268 e. The van der Waals surface area contributed by atoms with Gasteiger partial charge in [0.2, 0.25) is 5.43 Å². The fourth-order valence-corrected chi connectivity index (χ4v) is 3.61. The lowest BCUT2D eigenvalue weighted by molar-refractivity contribution is 0.629. The van der Waals surface area contributed by atoms with Crippen molar-refractivity contribution in [1.29, 1.82) is 0 Å². The highest BCUT2D eigenvalue weighted by Crippen LogP contribution is 2.23. The van der Waals surface area contributed by atoms with Crippen molar-refractivity contribution >= 4 is 21.8 Å². The molecule has 0 saturated carbocycles. The van der Waals surface area contributed by atoms with Gasteiger partial charge in [-0.05, 0) is 42.3 Å². The van der Waals surface area contributed by atoms with Gasteiger partial charge in [0.25, 0.3) is 5.56 Å². The Morgan fingerprint density at radius 2 is 1.63 bits per heavy atom. The van der Waals surface area contributed by atoms with Crippen LogP contribution >= 0.6 is 0 Å². The van der Waals surface area contributed by atoms with Crippen LogP contribution in [0.25, 0.3) is 27.5 Å². The second-order valence-electron chi connectivity index (χ2n) is 7.01. The Kier molecular flexibility index (Phi) is 3.95. The first kappa shape index (κ1) is 17.2. The molecule has 27 heavy (non-hydrogen) atoms. The minimum Gasteiger partial charge on any atom is -0.343 e. The van der Waals surface area contributed by atoms with Gasteiger partial charge in [-0.15, -0.1) is 0 Å². The van der Waals surface area contributed by atoms with Crippen LogP contribution in [0.15, 0.2) is 64.2 Å². The van der Waals surface area contributed by atoms with Crippen molar-refractivity contribution in [2.24, 2.45) is 7.05 Å². The molecule has 2 aromatic carbocycles. The lowest BCUT2D eigenvalue weighted by Crippen LogP contribution is -2.28. The summed E-state index contributed by atoms with van der Waals surface area (Å²) < 4.78 is 17.1. The third-order valence-corrected chi connectivity index (χ3v) is 4.97. The van der Waals surface area contributed by atoms with E-state index in [1.54, 1.807) is 22.2 Å². The Balaban J connectivity index is 2.27. The molecule has 0 aliphatic rings. The second-order valence-corrected chi connectivity index (χ2v) is 7.01. The van der Waals surface area contributed by atoms with E-state index in [4.69, 9.17) is 0 Å². The number of halogens is 1. The summed E-state index contributed by atoms with van der Waals surface area (Å²) >= 11 is 0. The fraction of sp³-hybridized carbons (Fsp3) is 0.182. The monoisotopic (exact) mass is 362 g/mol. The van der Waals surface area contributed by atoms with Gasteiger partial charge < -0.3 is 4.57 Å². The van der Waals surface area contributed by atoms with Crippen LogP contribution in [0.2, 0.25) is 0 Å². The zero-order valence-corrected chi connectivity index (χ0v) is 15.4. The van der Waals surface area contributed by atoms with Crippen LogP contribution in [0.5, 0.6) is 0 Å². The second kappa shape index (κ2) is 6.20. The maximum absolute atomic E-state index is 13.7. The zero-order chi connectivity index (χ0) is 19.3. The van der Waals surface area contributed by atoms with Crippen molar-refractivity contribution < 1.29 is 4.39 Å². The first-order valence-electron chi connectivity index (χ1n) is 8.83. The molecule has 0 fully saturated rings. The summed E-state index contributed by atoms with van der Waals surface area (Å²) in [6, 6.07) is 15.2. The number of hydrogen-bond donors (Lipinski definition) is 0. The number of aryl methyl sites for hydroxylation is 1. The van der Waals surface area contributed by atoms with E-state index in [-0.39, 0.29) is 22.2 Å². The van der Waals surface area contributed by atoms with Crippen molar-refractivity contribution in [1.82, 2.24) is 9.13 Å². The van der Waals surface area contributed by atoms with Gasteiger partial charge in [0.05, 0.1) is 11.0 Å². The Labute approximate surface area is 155 Å². The molecule has 0 saturated heterocycles. The highest BCUT2D eigenvalue weighted by Gasteiger charge is 2.19. The van der Waals surface area contributed by atoms with E-state index in [9.17, 15) is 14.0 Å². The molecule has 0 aliphatic heterocycles. The van der Waals surface area contributed by atoms with Crippen LogP contribution in [0.1, 0.15) is 25.5 Å². The lowest BCUT2D eigenvalue weighted by Gasteiger charge is -2.19. The van der Waals surface area contributed by atoms with E-state index >= 15 is 0 Å². The van der Waals surface area contributed by atoms with Crippen molar-refractivity contribution in [2.45, 2.75) is 19.8 Å². The Hall–Kier alpha value is -3.21. The number of aromatic nitrogens is 2. The number of para-hydroxylation sites is 1. The van der Waals surface area contributed by atoms with E-state index in [1.807, 2.05) is 50.2 Å². The molecule has 136 valence electrons. The Bertz CT molecular complexity index is 1300. The van der Waals surface area contributed by atoms with E-state index in [0.29, 0.717) is 16.7 Å². The van der Waals surface area contributed by atoms with Crippen LogP contribution in [0.3, 0.4) is 0 Å². The number of fused-ring (bicyclic) bond motifs is 2. The quantitative estimate of drug-likeness (QED) is 0.504. The molecule has 5 heteroatoms. The van der Waals surface area contributed by atoms with Gasteiger partial charge in [-0.1, -0.05) is 32.0 Å². The molecule has 4 aromatic rings. The summed E-state index contributed by atoms with van der Waals surface area (Å²) in [6.07, 6.45) is 0. The van der Waals surface area contributed by atoms with E-state index in [0.717, 1.165) is 5.69 Å². The molecular weight excluding hydrogens is 343 g/mol. The molecule has 0 N–H and O–H groups in total. The number of hydrogen-bond acceptors (Lipinski definition) is 2. The van der Waals surface area contributed by atoms with E-state index < -0.39 is 11.2 Å². The fourth-order valence-electron chi connectivity index (χ4n) is 3.61. The normalized spacial score (nSPS) is 11.6. The highest BCUT2D eigenvalue weighted by atomic mass is 19.1. The summed E-state index contributed by atoms with van der Waals surface area (Å²) in [6.45, 7) is 4.02. The molecule has 0 aliphatic carbocycles. The third kappa shape index (κ3) is 2.58. The first-order valence-corrected chi connectivity index (χ1v) is 8.83. The Morgan fingerprint density at radius 1 is 0.926 bits per heavy atom. The van der Waals surface area contributed by atoms with E-state index in [1.165, 1.54) is 12.1 Å². The summed E-state index contributed by atoms with van der Waals surface area (Å²) in [7, 11) is 1.79. The number of pyridine rings is 2. The summed E-state index contributed by atoms with van der Waals surface area (Å²) in [4.78, 5) is 26.5. The van der Waals surface area contributed by atoms with Crippen LogP contribution in [0, 0.1) is 5.82 Å². The molecule has 0 atom stereocenters. The van der Waals surface area contributed by atoms with Gasteiger partial charge in [0, 0.05) is 23.8 Å². The first-order chi connectivity index (χ1) is 12.9. The van der Waals surface area contributed by atoms with Gasteiger partial charge in [-0.3, -0.25) is 14.2 Å². The van der Waals surface area contributed by atoms with Crippen molar-refractivity contribution in [3.8, 4) is 5.69 Å². The van der Waals surface area contributed by atoms with E-state index in [2.05, 4.69) is 0 Å². The third-order valence-electron chi connectivity index (χ3n) is 4.97. The lowest BCUT2D eigenvalue weighted by atomic mass is 10.0. The van der Waals surface area contributed by atoms with Gasteiger partial charge in [0.1, 0.15) is 11.2 Å². The summed E-state index contributed by atoms with van der Waals surface area (Å²) in [5.74, 6) is -0.428. The standard InChI is InChI=1S/C22H19FN2O2/c1-13(2)18-12-19-20(22(27)25(18)15-7-5-4-6-8-15)21(26)16-11-14(23)9-10-17(16)24(19)3/h4-13H,1-3H3. The molecule has 0 amide bonds. The van der Waals surface area contributed by atoms with Gasteiger partial charge in [-0.2, -0.15) is 0 Å². The number of nitrogens with zero attached hydrogens (tertiary/aromatic N) is 2. The highest BCUT2D eigenvalue weighted by molar-refractivity contribution is 5.93. The molecule has 4 nitrogen and oxygen atoms in total. The largest absolute Gasteiger partial charge is 0.343 e. The molecule has 2 heterocycles. The van der Waals surface area contributed by atoms with Crippen LogP contribution in [0.4, 0.5) is 4.39 Å². The molecule has 0 bridgehead atoms. The summed E-state index contributed by atoms with van der Waals surface area (Å²) in [5.41, 5.74) is 1.85. The van der Waals surface area contributed by atoms with Gasteiger partial charge >= 0.3 is 0 Å². The molecule has 0 radical (unpaired) electrons. The minimum absolute atomic E-state index is 0.0707. The van der Waals surface area contributed by atoms with Gasteiger partial charge in [-0.25, -0.2) is 4.39 Å². The molecule has 0 unspecified atom stereocenters. The van der Waals surface area contributed by atoms with Crippen molar-refractivity contribution in [3.63, 3.8) is 0 Å². The van der Waals surface area contributed by atoms with Crippen molar-refractivity contribution in [2.75, 3.05) is 0 Å². The van der Waals surface area contributed by atoms with Crippen LogP contribution in [-0.4, -0.2) is 9.13 Å². The van der Waals surface area contributed by atoms with Gasteiger partial charge in [0.15, 0.2) is 0 Å². The molecule has 4 rings (SSSR count). The maximum atomic E-state index is 13.7. The zero-order valence-electron chi connectivity index (χ0n) is 15.4. The smallest absolute Gasteiger partial charge is 0.268 e. The molecule has 0 spiro atoms. The SMILES string of the molecule is CC(C)c1cc2c(c(=O)c3cc(F)ccc3n2C)c(=O)n1-c1ccccc1. The average molecular weight is 362 g/mol. The number of rotatable bonds is 2. The predicted molar refractivity (Wildman–Crippen MR) is 106 cm³/mol. The van der Waals surface area contributed by atoms with Crippen LogP contribution < -0.4 is 11.0 Å². The number of benzene rings is 2. The van der Waals surface area contributed by atoms with Crippen LogP contribution in [-0.2, 0) is 7.05 Å². The molecule has 2 aromatic heterocycles. The average Bonchev–Trinajstić information content (AvgIpc) is 2.66. The molecular formula is C22H19FN2O2. The summed E-state index contributed by atoms with van der Waals surface area (Å²) in [5, 5.41) is 0.280. The predicted octanol–water partition coefficient (Wildman–Crippen LogP) is 4.11. The van der Waals surface area contributed by atoms with Crippen molar-refractivity contribution in [3.05, 3.63) is 86.7 Å². The Morgan fingerprint density at radius 3 is 2.30 bits per heavy atom.